The van der Waals surface area contributed by atoms with E-state index in [9.17, 15) is 4.79 Å². The molecule has 0 spiro atoms. The summed E-state index contributed by atoms with van der Waals surface area (Å²) in [6.45, 7) is 3.98. The van der Waals surface area contributed by atoms with Gasteiger partial charge in [-0.25, -0.2) is 4.79 Å². The number of hydrogen-bond donors (Lipinski definition) is 1. The fraction of sp³-hybridized carbons (Fsp3) is 0.188. The Morgan fingerprint density at radius 1 is 1.15 bits per heavy atom. The van der Waals surface area contributed by atoms with Gasteiger partial charge >= 0.3 is 5.97 Å². The van der Waals surface area contributed by atoms with E-state index in [2.05, 4.69) is 0 Å². The average Bonchev–Trinajstić information content (AvgIpc) is 2.36. The Balaban J connectivity index is 2.08. The van der Waals surface area contributed by atoms with Crippen LogP contribution in [0.15, 0.2) is 36.4 Å². The summed E-state index contributed by atoms with van der Waals surface area (Å²) in [4.78, 5) is 12.0. The van der Waals surface area contributed by atoms with E-state index in [0.717, 1.165) is 16.7 Å². The number of nitrogen functional groups attached to an aromatic ring is 1. The van der Waals surface area contributed by atoms with Crippen molar-refractivity contribution in [1.29, 1.82) is 0 Å². The molecule has 0 amide bonds. The largest absolute Gasteiger partial charge is 0.457 e. The zero-order chi connectivity index (χ0) is 14.7. The molecule has 0 aromatic heterocycles. The van der Waals surface area contributed by atoms with Crippen molar-refractivity contribution in [3.05, 3.63) is 63.7 Å². The molecule has 0 aliphatic carbocycles. The maximum atomic E-state index is 12.0. The Bertz CT molecular complexity index is 633. The number of ether oxygens (including phenoxy) is 1. The van der Waals surface area contributed by atoms with Crippen LogP contribution in [0.3, 0.4) is 0 Å². The van der Waals surface area contributed by atoms with E-state index in [1.165, 1.54) is 0 Å². The van der Waals surface area contributed by atoms with Gasteiger partial charge in [0.1, 0.15) is 6.61 Å². The second kappa shape index (κ2) is 5.97. The Morgan fingerprint density at radius 2 is 1.90 bits per heavy atom. The minimum absolute atomic E-state index is 0.145. The Hall–Kier alpha value is -2.00. The predicted molar refractivity (Wildman–Crippen MR) is 80.9 cm³/mol. The highest BCUT2D eigenvalue weighted by Crippen LogP contribution is 2.19. The summed E-state index contributed by atoms with van der Waals surface area (Å²) in [5.74, 6) is -0.406. The van der Waals surface area contributed by atoms with Gasteiger partial charge in [0.2, 0.25) is 0 Å². The van der Waals surface area contributed by atoms with Gasteiger partial charge in [0.25, 0.3) is 0 Å². The molecule has 0 aliphatic heterocycles. The maximum absolute atomic E-state index is 12.0. The van der Waals surface area contributed by atoms with E-state index >= 15 is 0 Å². The van der Waals surface area contributed by atoms with Gasteiger partial charge < -0.3 is 10.5 Å². The van der Waals surface area contributed by atoms with Gasteiger partial charge in [-0.05, 0) is 49.2 Å². The molecule has 0 heterocycles. The first kappa shape index (κ1) is 14.4. The molecule has 3 nitrogen and oxygen atoms in total. The summed E-state index contributed by atoms with van der Waals surface area (Å²) in [6.07, 6.45) is 0. The monoisotopic (exact) mass is 289 g/mol. The summed E-state index contributed by atoms with van der Waals surface area (Å²) in [5.41, 5.74) is 9.48. The molecule has 104 valence electrons. The van der Waals surface area contributed by atoms with Gasteiger partial charge in [-0.3, -0.25) is 0 Å². The number of nitrogens with two attached hydrogens (primary N) is 1. The van der Waals surface area contributed by atoms with Gasteiger partial charge in [0.05, 0.1) is 5.56 Å². The van der Waals surface area contributed by atoms with Gasteiger partial charge in [0, 0.05) is 16.3 Å². The first-order valence-electron chi connectivity index (χ1n) is 6.25. The van der Waals surface area contributed by atoms with Gasteiger partial charge in [-0.2, -0.15) is 0 Å². The smallest absolute Gasteiger partial charge is 0.338 e. The molecule has 0 saturated heterocycles. The van der Waals surface area contributed by atoms with Crippen LogP contribution in [0.5, 0.6) is 0 Å². The fourth-order valence-electron chi connectivity index (χ4n) is 1.93. The lowest BCUT2D eigenvalue weighted by Crippen LogP contribution is -2.06. The van der Waals surface area contributed by atoms with Crippen molar-refractivity contribution in [3.63, 3.8) is 0 Å². The number of halogens is 1. The van der Waals surface area contributed by atoms with Crippen LogP contribution >= 0.6 is 11.6 Å². The average molecular weight is 290 g/mol. The molecule has 2 aromatic carbocycles. The summed E-state index contributed by atoms with van der Waals surface area (Å²) in [7, 11) is 0. The third-order valence-corrected chi connectivity index (χ3v) is 3.25. The molecule has 20 heavy (non-hydrogen) atoms. The van der Waals surface area contributed by atoms with E-state index < -0.39 is 5.97 Å². The number of anilines is 1. The molecule has 0 unspecified atom stereocenters. The van der Waals surface area contributed by atoms with E-state index in [-0.39, 0.29) is 6.61 Å². The highest BCUT2D eigenvalue weighted by Gasteiger charge is 2.10. The Morgan fingerprint density at radius 3 is 2.55 bits per heavy atom. The normalized spacial score (nSPS) is 10.3. The van der Waals surface area contributed by atoms with Crippen LogP contribution in [0.25, 0.3) is 0 Å². The van der Waals surface area contributed by atoms with Crippen LogP contribution in [0.4, 0.5) is 5.69 Å². The number of benzene rings is 2. The van der Waals surface area contributed by atoms with E-state index in [0.29, 0.717) is 16.3 Å². The van der Waals surface area contributed by atoms with E-state index in [1.807, 2.05) is 32.0 Å². The van der Waals surface area contributed by atoms with Crippen molar-refractivity contribution in [1.82, 2.24) is 0 Å². The topological polar surface area (TPSA) is 52.3 Å². The number of carbonyl (C=O) groups excluding carboxylic acids is 1. The highest BCUT2D eigenvalue weighted by atomic mass is 35.5. The first-order chi connectivity index (χ1) is 9.45. The molecule has 0 saturated carbocycles. The molecule has 4 heteroatoms. The maximum Gasteiger partial charge on any atom is 0.338 e. The number of esters is 1. The highest BCUT2D eigenvalue weighted by molar-refractivity contribution is 6.31. The fourth-order valence-corrected chi connectivity index (χ4v) is 2.22. The van der Waals surface area contributed by atoms with Crippen LogP contribution in [-0.4, -0.2) is 5.97 Å². The van der Waals surface area contributed by atoms with Crippen molar-refractivity contribution in [2.75, 3.05) is 5.73 Å². The Kier molecular flexibility index (Phi) is 4.30. The molecular formula is C16H16ClNO2. The zero-order valence-corrected chi connectivity index (χ0v) is 12.2. The minimum atomic E-state index is -0.406. The molecule has 0 bridgehead atoms. The van der Waals surface area contributed by atoms with E-state index in [1.54, 1.807) is 18.2 Å². The molecule has 0 fully saturated rings. The quantitative estimate of drug-likeness (QED) is 0.689. The molecule has 0 radical (unpaired) electrons. The zero-order valence-electron chi connectivity index (χ0n) is 11.4. The lowest BCUT2D eigenvalue weighted by Gasteiger charge is -2.08. The number of carbonyl (C=O) groups is 1. The third kappa shape index (κ3) is 3.52. The second-order valence-electron chi connectivity index (χ2n) is 4.80. The third-order valence-electron chi connectivity index (χ3n) is 2.90. The molecule has 0 aliphatic rings. The Labute approximate surface area is 123 Å². The predicted octanol–water partition coefficient (Wildman–Crippen LogP) is 3.90. The standard InChI is InChI=1S/C16H16ClNO2/c1-10-3-4-12(15(17)7-10)9-20-16(19)13-5-11(2)6-14(18)8-13/h3-8H,9,18H2,1-2H3. The molecular weight excluding hydrogens is 274 g/mol. The van der Waals surface area contributed by atoms with E-state index in [4.69, 9.17) is 22.1 Å². The second-order valence-corrected chi connectivity index (χ2v) is 5.21. The van der Waals surface area contributed by atoms with Crippen molar-refractivity contribution in [3.8, 4) is 0 Å². The van der Waals surface area contributed by atoms with Gasteiger partial charge in [-0.1, -0.05) is 23.7 Å². The van der Waals surface area contributed by atoms with Crippen molar-refractivity contribution < 1.29 is 9.53 Å². The lowest BCUT2D eigenvalue weighted by atomic mass is 10.1. The lowest BCUT2D eigenvalue weighted by molar-refractivity contribution is 0.0473. The number of hydrogen-bond acceptors (Lipinski definition) is 3. The summed E-state index contributed by atoms with van der Waals surface area (Å²) in [6, 6.07) is 10.8. The van der Waals surface area contributed by atoms with Crippen LogP contribution in [0.2, 0.25) is 5.02 Å². The van der Waals surface area contributed by atoms with Gasteiger partial charge in [0.15, 0.2) is 0 Å². The van der Waals surface area contributed by atoms with Crippen molar-refractivity contribution in [2.45, 2.75) is 20.5 Å². The summed E-state index contributed by atoms with van der Waals surface area (Å²) in [5, 5.41) is 0.599. The van der Waals surface area contributed by atoms with Gasteiger partial charge in [-0.15, -0.1) is 0 Å². The molecule has 0 atom stereocenters. The first-order valence-corrected chi connectivity index (χ1v) is 6.63. The summed E-state index contributed by atoms with van der Waals surface area (Å²) >= 11 is 6.10. The molecule has 2 aromatic rings. The number of aryl methyl sites for hydroxylation is 2. The number of rotatable bonds is 3. The molecule has 2 N–H and O–H groups in total. The van der Waals surface area contributed by atoms with Crippen LogP contribution in [-0.2, 0) is 11.3 Å². The SMILES string of the molecule is Cc1cc(N)cc(C(=O)OCc2ccc(C)cc2Cl)c1. The van der Waals surface area contributed by atoms with Crippen molar-refractivity contribution in [2.24, 2.45) is 0 Å². The van der Waals surface area contributed by atoms with Crippen molar-refractivity contribution >= 4 is 23.3 Å². The van der Waals surface area contributed by atoms with Crippen LogP contribution in [0.1, 0.15) is 27.0 Å². The minimum Gasteiger partial charge on any atom is -0.457 e. The molecule has 2 rings (SSSR count). The van der Waals surface area contributed by atoms with Crippen LogP contribution < -0.4 is 5.73 Å². The van der Waals surface area contributed by atoms with Crippen LogP contribution in [0, 0.1) is 13.8 Å². The summed E-state index contributed by atoms with van der Waals surface area (Å²) < 4.78 is 5.27.